The van der Waals surface area contributed by atoms with Crippen molar-refractivity contribution in [3.63, 3.8) is 0 Å². The molecule has 0 aliphatic carbocycles. The van der Waals surface area contributed by atoms with Crippen LogP contribution in [0.25, 0.3) is 0 Å². The molecule has 0 radical (unpaired) electrons. The van der Waals surface area contributed by atoms with Gasteiger partial charge in [0.1, 0.15) is 6.54 Å². The van der Waals surface area contributed by atoms with E-state index in [1.54, 1.807) is 0 Å². The lowest BCUT2D eigenvalue weighted by Crippen LogP contribution is -2.64. The monoisotopic (exact) mass is 362 g/mol. The first kappa shape index (κ1) is 21.3. The number of hydrogen-bond donors (Lipinski definition) is 0. The van der Waals surface area contributed by atoms with Crippen molar-refractivity contribution in [1.82, 2.24) is 0 Å². The first-order valence-electron chi connectivity index (χ1n) is 7.95. The number of nitrogens with zero attached hydrogens (tertiary/aromatic N) is 1. The zero-order valence-corrected chi connectivity index (χ0v) is 15.8. The molecule has 0 aromatic carbocycles. The zero-order valence-electron chi connectivity index (χ0n) is 15.8. The fourth-order valence-corrected chi connectivity index (χ4v) is 2.73. The summed E-state index contributed by atoms with van der Waals surface area (Å²) in [6, 6.07) is 0. The van der Waals surface area contributed by atoms with Crippen molar-refractivity contribution in [2.24, 2.45) is 0 Å². The van der Waals surface area contributed by atoms with Crippen molar-refractivity contribution in [3.05, 3.63) is 0 Å². The van der Waals surface area contributed by atoms with Crippen LogP contribution in [0.4, 0.5) is 0 Å². The maximum Gasteiger partial charge on any atom is 0.303 e. The second kappa shape index (κ2) is 8.59. The van der Waals surface area contributed by atoms with Gasteiger partial charge in [0, 0.05) is 27.9 Å². The van der Waals surface area contributed by atoms with E-state index in [1.165, 1.54) is 27.9 Å². The third-order valence-corrected chi connectivity index (χ3v) is 3.46. The smallest absolute Gasteiger partial charge is 0.303 e. The van der Waals surface area contributed by atoms with Gasteiger partial charge >= 0.3 is 17.9 Å². The van der Waals surface area contributed by atoms with Gasteiger partial charge in [-0.15, -0.1) is 0 Å². The Kier molecular flexibility index (Phi) is 7.33. The Morgan fingerprint density at radius 1 is 0.840 bits per heavy atom. The number of likely N-dealkylation sites (N-methyl/N-ethyl adjacent to an activating group) is 1. The van der Waals surface area contributed by atoms with Crippen LogP contribution in [0.15, 0.2) is 0 Å². The molecule has 9 nitrogen and oxygen atoms in total. The van der Waals surface area contributed by atoms with Gasteiger partial charge in [0.2, 0.25) is 0 Å². The third-order valence-electron chi connectivity index (χ3n) is 3.46. The summed E-state index contributed by atoms with van der Waals surface area (Å²) >= 11 is 0. The van der Waals surface area contributed by atoms with E-state index in [9.17, 15) is 14.4 Å². The molecule has 1 aliphatic rings. The molecule has 0 unspecified atom stereocenters. The van der Waals surface area contributed by atoms with Crippen LogP contribution in [0, 0.1) is 0 Å². The highest BCUT2D eigenvalue weighted by Gasteiger charge is 2.53. The molecule has 1 rings (SSSR count). The van der Waals surface area contributed by atoms with Crippen molar-refractivity contribution < 1.29 is 42.6 Å². The van der Waals surface area contributed by atoms with E-state index in [1.807, 2.05) is 21.1 Å². The molecule has 25 heavy (non-hydrogen) atoms. The number of methoxy groups -OCH3 is 1. The second-order valence-electron chi connectivity index (χ2n) is 6.97. The summed E-state index contributed by atoms with van der Waals surface area (Å²) in [6.45, 7) is 4.14. The van der Waals surface area contributed by atoms with E-state index in [-0.39, 0.29) is 0 Å². The Morgan fingerprint density at radius 3 is 1.68 bits per heavy atom. The number of esters is 3. The fraction of sp³-hybridized carbons (Fsp3) is 0.812. The fourth-order valence-electron chi connectivity index (χ4n) is 2.73. The maximum atomic E-state index is 11.6. The highest BCUT2D eigenvalue weighted by molar-refractivity contribution is 5.68. The van der Waals surface area contributed by atoms with Gasteiger partial charge in [-0.05, 0) is 0 Å². The lowest BCUT2D eigenvalue weighted by molar-refractivity contribution is -0.874. The van der Waals surface area contributed by atoms with Crippen LogP contribution < -0.4 is 0 Å². The molecule has 9 heteroatoms. The maximum absolute atomic E-state index is 11.6. The lowest BCUT2D eigenvalue weighted by atomic mass is 9.97. The van der Waals surface area contributed by atoms with Crippen molar-refractivity contribution in [2.75, 3.05) is 34.8 Å². The Labute approximate surface area is 147 Å². The SMILES string of the molecule is CO[C@@H]1O[C@H](C[N+](C)(C)C)[C@@H](OC(C)=O)[C@H](OC(C)=O)[C@H]1OC(C)=O. The largest absolute Gasteiger partial charge is 0.455 e. The standard InChI is InChI=1S/C16H28NO8/c1-9(18)22-13-12(8-17(4,5)6)25-16(21-7)15(24-11(3)20)14(13)23-10(2)19/h12-16H,8H2,1-7H3/q+1/t12-,13-,14+,15-,16-/m1/s1. The molecule has 0 spiro atoms. The molecule has 0 bridgehead atoms. The van der Waals surface area contributed by atoms with E-state index >= 15 is 0 Å². The molecule has 0 aromatic rings. The average molecular weight is 362 g/mol. The lowest BCUT2D eigenvalue weighted by Gasteiger charge is -2.45. The molecule has 144 valence electrons. The molecule has 0 amide bonds. The van der Waals surface area contributed by atoms with Crippen LogP contribution in [-0.4, -0.2) is 87.9 Å². The zero-order chi connectivity index (χ0) is 19.4. The van der Waals surface area contributed by atoms with E-state index in [0.29, 0.717) is 11.0 Å². The average Bonchev–Trinajstić information content (AvgIpc) is 2.42. The van der Waals surface area contributed by atoms with Gasteiger partial charge in [0.15, 0.2) is 30.7 Å². The number of rotatable bonds is 6. The number of ether oxygens (including phenoxy) is 5. The molecule has 1 fully saturated rings. The predicted molar refractivity (Wildman–Crippen MR) is 85.2 cm³/mol. The summed E-state index contributed by atoms with van der Waals surface area (Å²) < 4.78 is 27.6. The van der Waals surface area contributed by atoms with Crippen LogP contribution in [0.3, 0.4) is 0 Å². The summed E-state index contributed by atoms with van der Waals surface area (Å²) in [5.74, 6) is -1.76. The van der Waals surface area contributed by atoms with Crippen LogP contribution in [0.1, 0.15) is 20.8 Å². The molecular weight excluding hydrogens is 334 g/mol. The van der Waals surface area contributed by atoms with Crippen molar-refractivity contribution in [3.8, 4) is 0 Å². The summed E-state index contributed by atoms with van der Waals surface area (Å²) in [4.78, 5) is 34.6. The summed E-state index contributed by atoms with van der Waals surface area (Å²) in [5, 5.41) is 0. The molecule has 1 heterocycles. The van der Waals surface area contributed by atoms with E-state index in [2.05, 4.69) is 0 Å². The Morgan fingerprint density at radius 2 is 1.28 bits per heavy atom. The summed E-state index contributed by atoms with van der Waals surface area (Å²) in [6.07, 6.45) is -4.61. The van der Waals surface area contributed by atoms with Crippen LogP contribution in [0.5, 0.6) is 0 Å². The van der Waals surface area contributed by atoms with E-state index < -0.39 is 48.6 Å². The van der Waals surface area contributed by atoms with Gasteiger partial charge in [-0.1, -0.05) is 0 Å². The first-order valence-corrected chi connectivity index (χ1v) is 7.95. The highest BCUT2D eigenvalue weighted by atomic mass is 16.7. The van der Waals surface area contributed by atoms with Gasteiger partial charge in [-0.2, -0.15) is 0 Å². The van der Waals surface area contributed by atoms with Gasteiger partial charge in [-0.25, -0.2) is 0 Å². The minimum absolute atomic E-state index is 0.447. The van der Waals surface area contributed by atoms with Gasteiger partial charge < -0.3 is 28.2 Å². The van der Waals surface area contributed by atoms with Gasteiger partial charge in [0.05, 0.1) is 21.1 Å². The number of quaternary nitrogens is 1. The minimum atomic E-state index is -1.06. The van der Waals surface area contributed by atoms with E-state index in [4.69, 9.17) is 23.7 Å². The van der Waals surface area contributed by atoms with E-state index in [0.717, 1.165) is 0 Å². The Balaban J connectivity index is 3.26. The molecule has 0 aromatic heterocycles. The summed E-state index contributed by atoms with van der Waals surface area (Å²) in [7, 11) is 7.21. The predicted octanol–water partition coefficient (Wildman–Crippen LogP) is -0.141. The molecule has 0 saturated carbocycles. The van der Waals surface area contributed by atoms with Crippen molar-refractivity contribution >= 4 is 17.9 Å². The third kappa shape index (κ3) is 6.60. The van der Waals surface area contributed by atoms with Crippen LogP contribution >= 0.6 is 0 Å². The van der Waals surface area contributed by atoms with Crippen LogP contribution in [0.2, 0.25) is 0 Å². The topological polar surface area (TPSA) is 97.4 Å². The summed E-state index contributed by atoms with van der Waals surface area (Å²) in [5.41, 5.74) is 0. The van der Waals surface area contributed by atoms with Crippen molar-refractivity contribution in [2.45, 2.75) is 51.5 Å². The minimum Gasteiger partial charge on any atom is -0.455 e. The molecule has 1 saturated heterocycles. The highest BCUT2D eigenvalue weighted by Crippen LogP contribution is 2.30. The number of hydrogen-bond acceptors (Lipinski definition) is 8. The molecular formula is C16H28NO8+. The molecule has 1 aliphatic heterocycles. The number of carbonyl (C=O) groups is 3. The molecule has 5 atom stereocenters. The first-order chi connectivity index (χ1) is 11.4. The number of carbonyl (C=O) groups excluding carboxylic acids is 3. The van der Waals surface area contributed by atoms with Gasteiger partial charge in [-0.3, -0.25) is 14.4 Å². The Bertz CT molecular complexity index is 501. The van der Waals surface area contributed by atoms with Crippen LogP contribution in [-0.2, 0) is 38.1 Å². The normalized spacial score (nSPS) is 29.6. The van der Waals surface area contributed by atoms with Crippen molar-refractivity contribution in [1.29, 1.82) is 0 Å². The molecule has 0 N–H and O–H groups in total. The quantitative estimate of drug-likeness (QED) is 0.366. The van der Waals surface area contributed by atoms with Gasteiger partial charge in [0.25, 0.3) is 0 Å². The second-order valence-corrected chi connectivity index (χ2v) is 6.97. The Hall–Kier alpha value is -1.71.